The molecule has 2 heterocycles. The molecule has 4 aromatic rings. The van der Waals surface area contributed by atoms with E-state index in [2.05, 4.69) is 15.6 Å². The van der Waals surface area contributed by atoms with Gasteiger partial charge in [0.15, 0.2) is 0 Å². The highest BCUT2D eigenvalue weighted by Crippen LogP contribution is 2.17. The average Bonchev–Trinajstić information content (AvgIpc) is 3.34. The molecule has 0 atom stereocenters. The zero-order valence-corrected chi connectivity index (χ0v) is 16.7. The second kappa shape index (κ2) is 9.10. The predicted molar refractivity (Wildman–Crippen MR) is 116 cm³/mol. The fraction of sp³-hybridized carbons (Fsp3) is 0. The van der Waals surface area contributed by atoms with Crippen LogP contribution < -0.4 is 15.7 Å². The Hall–Kier alpha value is -4.17. The van der Waals surface area contributed by atoms with Gasteiger partial charge in [-0.3, -0.25) is 10.2 Å². The molecule has 0 bridgehead atoms. The first-order chi connectivity index (χ1) is 15.1. The lowest BCUT2D eigenvalue weighted by Crippen LogP contribution is -2.22. The molecule has 0 saturated carbocycles. The van der Waals surface area contributed by atoms with Gasteiger partial charge < -0.3 is 9.15 Å². The van der Waals surface area contributed by atoms with E-state index in [1.165, 1.54) is 29.4 Å². The minimum absolute atomic E-state index is 0.0313. The number of nitrogens with one attached hydrogen (secondary N) is 1. The van der Waals surface area contributed by atoms with Gasteiger partial charge in [0.2, 0.25) is 5.76 Å². The number of hydrazone groups is 1. The van der Waals surface area contributed by atoms with E-state index in [-0.39, 0.29) is 16.5 Å². The summed E-state index contributed by atoms with van der Waals surface area (Å²) in [6.45, 7) is 0. The van der Waals surface area contributed by atoms with Crippen LogP contribution in [0.5, 0.6) is 5.75 Å². The monoisotopic (exact) mass is 434 g/mol. The van der Waals surface area contributed by atoms with Crippen LogP contribution >= 0.6 is 11.6 Å². The van der Waals surface area contributed by atoms with Gasteiger partial charge in [-0.15, -0.1) is 0 Å². The third kappa shape index (κ3) is 4.71. The zero-order valence-electron chi connectivity index (χ0n) is 15.9. The smallest absolute Gasteiger partial charge is 0.379 e. The lowest BCUT2D eigenvalue weighted by Gasteiger charge is -2.07. The van der Waals surface area contributed by atoms with Crippen LogP contribution in [-0.4, -0.2) is 22.0 Å². The van der Waals surface area contributed by atoms with Crippen LogP contribution in [0.25, 0.3) is 5.69 Å². The Morgan fingerprint density at radius 1 is 1.10 bits per heavy atom. The van der Waals surface area contributed by atoms with Crippen molar-refractivity contribution in [1.29, 1.82) is 0 Å². The Bertz CT molecular complexity index is 1270. The van der Waals surface area contributed by atoms with Crippen LogP contribution in [-0.2, 0) is 0 Å². The number of anilines is 1. The molecule has 0 fully saturated rings. The molecule has 0 spiro atoms. The largest absolute Gasteiger partial charge is 0.457 e. The van der Waals surface area contributed by atoms with Gasteiger partial charge in [-0.25, -0.2) is 4.79 Å². The molecule has 2 aromatic heterocycles. The number of hydrogen-bond acceptors (Lipinski definition) is 7. The summed E-state index contributed by atoms with van der Waals surface area (Å²) in [6, 6.07) is 18.8. The van der Waals surface area contributed by atoms with Gasteiger partial charge in [0, 0.05) is 0 Å². The number of para-hydroxylation sites is 1. The molecule has 1 N–H and O–H groups in total. The van der Waals surface area contributed by atoms with Crippen molar-refractivity contribution in [3.05, 3.63) is 106 Å². The van der Waals surface area contributed by atoms with Crippen LogP contribution in [0.4, 0.5) is 5.69 Å². The maximum atomic E-state index is 12.5. The van der Waals surface area contributed by atoms with Crippen LogP contribution in [0.3, 0.4) is 0 Å². The maximum absolute atomic E-state index is 12.5. The summed E-state index contributed by atoms with van der Waals surface area (Å²) in [5.41, 5.74) is 3.86. The molecule has 0 saturated heterocycles. The Kier molecular flexibility index (Phi) is 5.91. The number of esters is 1. The van der Waals surface area contributed by atoms with Crippen molar-refractivity contribution in [1.82, 2.24) is 9.78 Å². The molecule has 0 radical (unpaired) electrons. The van der Waals surface area contributed by atoms with Crippen LogP contribution in [0.15, 0.2) is 93.5 Å². The number of nitrogens with zero attached hydrogens (tertiary/aromatic N) is 3. The lowest BCUT2D eigenvalue weighted by atomic mass is 10.2. The normalized spacial score (nSPS) is 10.9. The Morgan fingerprint density at radius 2 is 1.87 bits per heavy atom. The third-order valence-electron chi connectivity index (χ3n) is 4.13. The molecule has 8 nitrogen and oxygen atoms in total. The Morgan fingerprint density at radius 3 is 2.58 bits per heavy atom. The number of carbonyl (C=O) groups excluding carboxylic acids is 1. The SMILES string of the molecule is O=C(Oc1ccc(/C=N/Nc2cnn(-c3ccccc3)c(=O)c2Cl)cc1)c1ccco1. The van der Waals surface area contributed by atoms with Crippen molar-refractivity contribution in [2.75, 3.05) is 5.43 Å². The minimum Gasteiger partial charge on any atom is -0.457 e. The van der Waals surface area contributed by atoms with Crippen molar-refractivity contribution in [3.8, 4) is 11.4 Å². The van der Waals surface area contributed by atoms with E-state index in [0.717, 1.165) is 5.56 Å². The van der Waals surface area contributed by atoms with E-state index in [1.807, 2.05) is 6.07 Å². The number of furan rings is 1. The quantitative estimate of drug-likeness (QED) is 0.212. The fourth-order valence-electron chi connectivity index (χ4n) is 2.61. The number of carbonyl (C=O) groups is 1. The molecule has 0 amide bonds. The third-order valence-corrected chi connectivity index (χ3v) is 4.50. The van der Waals surface area contributed by atoms with Crippen LogP contribution in [0, 0.1) is 0 Å². The van der Waals surface area contributed by atoms with E-state index >= 15 is 0 Å². The number of aromatic nitrogens is 2. The van der Waals surface area contributed by atoms with E-state index in [1.54, 1.807) is 54.6 Å². The van der Waals surface area contributed by atoms with Crippen molar-refractivity contribution in [2.24, 2.45) is 5.10 Å². The van der Waals surface area contributed by atoms with Crippen molar-refractivity contribution in [3.63, 3.8) is 0 Å². The summed E-state index contributed by atoms with van der Waals surface area (Å²) in [4.78, 5) is 24.3. The summed E-state index contributed by atoms with van der Waals surface area (Å²) in [7, 11) is 0. The van der Waals surface area contributed by atoms with Crippen molar-refractivity contribution >= 4 is 29.5 Å². The van der Waals surface area contributed by atoms with Gasteiger partial charge in [0.1, 0.15) is 16.5 Å². The highest BCUT2D eigenvalue weighted by Gasteiger charge is 2.11. The van der Waals surface area contributed by atoms with E-state index < -0.39 is 11.5 Å². The van der Waals surface area contributed by atoms with Crippen LogP contribution in [0.2, 0.25) is 5.02 Å². The van der Waals surface area contributed by atoms with Crippen molar-refractivity contribution in [2.45, 2.75) is 0 Å². The molecule has 0 aliphatic carbocycles. The first-order valence-corrected chi connectivity index (χ1v) is 9.48. The Labute approximate surface area is 181 Å². The fourth-order valence-corrected chi connectivity index (χ4v) is 2.79. The number of halogens is 1. The molecule has 154 valence electrons. The molecule has 0 aliphatic rings. The van der Waals surface area contributed by atoms with Gasteiger partial charge in [0.05, 0.1) is 24.4 Å². The van der Waals surface area contributed by atoms with Gasteiger partial charge in [0.25, 0.3) is 5.56 Å². The van der Waals surface area contributed by atoms with Gasteiger partial charge in [-0.2, -0.15) is 14.9 Å². The second-order valence-electron chi connectivity index (χ2n) is 6.23. The van der Waals surface area contributed by atoms with Gasteiger partial charge >= 0.3 is 5.97 Å². The predicted octanol–water partition coefficient (Wildman–Crippen LogP) is 4.14. The number of benzene rings is 2. The molecule has 4 rings (SSSR count). The molecule has 0 aliphatic heterocycles. The van der Waals surface area contributed by atoms with Crippen LogP contribution in [0.1, 0.15) is 16.1 Å². The van der Waals surface area contributed by atoms with E-state index in [0.29, 0.717) is 11.4 Å². The van der Waals surface area contributed by atoms with Gasteiger partial charge in [-0.1, -0.05) is 29.8 Å². The number of ether oxygens (including phenoxy) is 1. The standard InChI is InChI=1S/C22H15ClN4O4/c23-20-18(14-25-27(21(20)28)16-5-2-1-3-6-16)26-24-13-15-8-10-17(11-9-15)31-22(29)19-7-4-12-30-19/h1-14,26H/b24-13+. The molecule has 9 heteroatoms. The Balaban J connectivity index is 1.41. The summed E-state index contributed by atoms with van der Waals surface area (Å²) < 4.78 is 11.4. The molecule has 2 aromatic carbocycles. The molecular weight excluding hydrogens is 420 g/mol. The first-order valence-electron chi connectivity index (χ1n) is 9.10. The van der Waals surface area contributed by atoms with Crippen molar-refractivity contribution < 1.29 is 13.9 Å². The van der Waals surface area contributed by atoms with E-state index in [9.17, 15) is 9.59 Å². The van der Waals surface area contributed by atoms with E-state index in [4.69, 9.17) is 20.8 Å². The second-order valence-corrected chi connectivity index (χ2v) is 6.61. The summed E-state index contributed by atoms with van der Waals surface area (Å²) in [5, 5.41) is 8.17. The average molecular weight is 435 g/mol. The highest BCUT2D eigenvalue weighted by molar-refractivity contribution is 6.32. The number of rotatable bonds is 6. The summed E-state index contributed by atoms with van der Waals surface area (Å²) >= 11 is 6.18. The van der Waals surface area contributed by atoms with Gasteiger partial charge in [-0.05, 0) is 54.1 Å². The first kappa shape index (κ1) is 20.1. The molecule has 31 heavy (non-hydrogen) atoms. The summed E-state index contributed by atoms with van der Waals surface area (Å²) in [5.74, 6) is -0.0988. The maximum Gasteiger partial charge on any atom is 0.379 e. The zero-order chi connectivity index (χ0) is 21.6. The molecular formula is C22H15ClN4O4. The summed E-state index contributed by atoms with van der Waals surface area (Å²) in [6.07, 6.45) is 4.34. The highest BCUT2D eigenvalue weighted by atomic mass is 35.5. The number of hydrogen-bond donors (Lipinski definition) is 1. The lowest BCUT2D eigenvalue weighted by molar-refractivity contribution is 0.0701. The molecule has 0 unspecified atom stereocenters. The minimum atomic E-state index is -0.583. The topological polar surface area (TPSA) is 98.7 Å².